The molecule has 3 amide bonds. The van der Waals surface area contributed by atoms with Crippen LogP contribution in [0.4, 0.5) is 5.69 Å². The number of fused-ring (bicyclic) bond motifs is 1. The lowest BCUT2D eigenvalue weighted by atomic mass is 9.93. The molecule has 0 radical (unpaired) electrons. The molecule has 1 saturated heterocycles. The van der Waals surface area contributed by atoms with Crippen molar-refractivity contribution in [2.24, 2.45) is 4.99 Å². The molecule has 2 aromatic carbocycles. The number of hydrogen-bond acceptors (Lipinski definition) is 6. The van der Waals surface area contributed by atoms with Crippen LogP contribution in [0.2, 0.25) is 5.02 Å². The summed E-state index contributed by atoms with van der Waals surface area (Å²) in [6, 6.07) is 16.2. The van der Waals surface area contributed by atoms with Crippen LogP contribution in [0, 0.1) is 0 Å². The second-order valence-corrected chi connectivity index (χ2v) is 10.6. The minimum atomic E-state index is -0.480. The number of carbonyl (C=O) groups is 3. The van der Waals surface area contributed by atoms with Gasteiger partial charge in [-0.1, -0.05) is 53.7 Å². The Morgan fingerprint density at radius 2 is 1.66 bits per heavy atom. The summed E-state index contributed by atoms with van der Waals surface area (Å²) in [6.07, 6.45) is 0.169. The largest absolute Gasteiger partial charge is 0.339 e. The van der Waals surface area contributed by atoms with Gasteiger partial charge in [0.15, 0.2) is 5.17 Å². The van der Waals surface area contributed by atoms with Crippen molar-refractivity contribution in [2.75, 3.05) is 31.5 Å². The van der Waals surface area contributed by atoms with Gasteiger partial charge in [-0.3, -0.25) is 14.4 Å². The minimum absolute atomic E-state index is 0.0160. The summed E-state index contributed by atoms with van der Waals surface area (Å²) in [5, 5.41) is 6.27. The smallest absolute Gasteiger partial charge is 0.255 e. The van der Waals surface area contributed by atoms with Crippen molar-refractivity contribution >= 4 is 51.9 Å². The molecule has 1 N–H and O–H groups in total. The number of rotatable bonds is 5. The molecule has 0 bridgehead atoms. The van der Waals surface area contributed by atoms with Gasteiger partial charge in [-0.25, -0.2) is 4.99 Å². The predicted octanol–water partition coefficient (Wildman–Crippen LogP) is 4.63. The Morgan fingerprint density at radius 3 is 2.32 bits per heavy atom. The van der Waals surface area contributed by atoms with Gasteiger partial charge in [0.25, 0.3) is 5.91 Å². The van der Waals surface area contributed by atoms with E-state index in [4.69, 9.17) is 16.6 Å². The number of anilines is 1. The molecule has 0 unspecified atom stereocenters. The summed E-state index contributed by atoms with van der Waals surface area (Å²) in [4.78, 5) is 48.9. The molecule has 1 atom stereocenters. The topological polar surface area (TPSA) is 85.3 Å². The number of halogens is 1. The highest BCUT2D eigenvalue weighted by molar-refractivity contribution is 8.16. The van der Waals surface area contributed by atoms with Crippen LogP contribution in [0.1, 0.15) is 31.9 Å². The maximum Gasteiger partial charge on any atom is 0.255 e. The number of carbonyl (C=O) groups excluding carboxylic acids is 3. The monoisotopic (exact) mass is 549 g/mol. The number of amides is 3. The van der Waals surface area contributed by atoms with Crippen molar-refractivity contribution < 1.29 is 14.4 Å². The molecule has 196 valence electrons. The Balaban J connectivity index is 1.43. The van der Waals surface area contributed by atoms with Crippen LogP contribution in [0.25, 0.3) is 0 Å². The maximum atomic E-state index is 13.7. The summed E-state index contributed by atoms with van der Waals surface area (Å²) in [5.41, 5.74) is 3.48. The van der Waals surface area contributed by atoms with Crippen molar-refractivity contribution in [3.05, 3.63) is 87.6 Å². The lowest BCUT2D eigenvalue weighted by Gasteiger charge is -2.38. The summed E-state index contributed by atoms with van der Waals surface area (Å²) in [7, 11) is 0. The Hall–Kier alpha value is -3.56. The molecule has 5 rings (SSSR count). The normalized spacial score (nSPS) is 19.1. The maximum absolute atomic E-state index is 13.7. The highest BCUT2D eigenvalue weighted by atomic mass is 35.5. The van der Waals surface area contributed by atoms with E-state index in [1.807, 2.05) is 59.7 Å². The molecule has 1 fully saturated rings. The van der Waals surface area contributed by atoms with Crippen LogP contribution in [0.5, 0.6) is 0 Å². The highest BCUT2D eigenvalue weighted by Crippen LogP contribution is 2.45. The molecular formula is C28H28ClN5O3S. The molecule has 0 saturated carbocycles. The first kappa shape index (κ1) is 26.1. The lowest BCUT2D eigenvalue weighted by molar-refractivity contribution is -0.138. The van der Waals surface area contributed by atoms with E-state index in [0.717, 1.165) is 16.4 Å². The third-order valence-corrected chi connectivity index (χ3v) is 8.01. The number of nitrogens with one attached hydrogen (secondary N) is 1. The number of piperazine rings is 1. The number of amidine groups is 1. The van der Waals surface area contributed by atoms with E-state index in [1.165, 1.54) is 11.8 Å². The zero-order valence-electron chi connectivity index (χ0n) is 21.2. The third kappa shape index (κ3) is 5.35. The quantitative estimate of drug-likeness (QED) is 0.587. The first-order chi connectivity index (χ1) is 18.3. The average molecular weight is 550 g/mol. The van der Waals surface area contributed by atoms with E-state index in [1.54, 1.807) is 28.9 Å². The number of para-hydroxylation sites is 1. The van der Waals surface area contributed by atoms with Gasteiger partial charge in [-0.05, 0) is 42.2 Å². The van der Waals surface area contributed by atoms with E-state index in [2.05, 4.69) is 5.32 Å². The standard InChI is InChI=1S/C28H28ClN5O3S/c1-18-25(27(37)31-22-6-4-3-5-7-22)26(20-8-10-21(29)11-9-20)34-23(17-38-28(34)30-18)16-24(36)33-14-12-32(13-15-33)19(2)35/h3-11,17,26H,12-16H2,1-2H3,(H,31,37)/t26-/m0/s1. The third-order valence-electron chi connectivity index (χ3n) is 6.87. The van der Waals surface area contributed by atoms with E-state index >= 15 is 0 Å². The Bertz CT molecular complexity index is 1350. The summed E-state index contributed by atoms with van der Waals surface area (Å²) >= 11 is 7.64. The van der Waals surface area contributed by atoms with Crippen molar-refractivity contribution in [2.45, 2.75) is 26.3 Å². The number of benzene rings is 2. The van der Waals surface area contributed by atoms with Crippen LogP contribution in [0.15, 0.2) is 82.0 Å². The zero-order chi connectivity index (χ0) is 26.8. The minimum Gasteiger partial charge on any atom is -0.339 e. The average Bonchev–Trinajstić information content (AvgIpc) is 3.30. The van der Waals surface area contributed by atoms with Crippen LogP contribution >= 0.6 is 23.4 Å². The fraction of sp³-hybridized carbons (Fsp3) is 0.286. The number of thioether (sulfide) groups is 1. The first-order valence-electron chi connectivity index (χ1n) is 12.4. The summed E-state index contributed by atoms with van der Waals surface area (Å²) in [6.45, 7) is 5.46. The van der Waals surface area contributed by atoms with Crippen molar-refractivity contribution in [3.8, 4) is 0 Å². The first-order valence-corrected chi connectivity index (χ1v) is 13.7. The molecule has 8 nitrogen and oxygen atoms in total. The van der Waals surface area contributed by atoms with E-state index in [0.29, 0.717) is 48.2 Å². The van der Waals surface area contributed by atoms with E-state index in [-0.39, 0.29) is 24.1 Å². The summed E-state index contributed by atoms with van der Waals surface area (Å²) in [5.74, 6) is -0.243. The molecule has 3 heterocycles. The van der Waals surface area contributed by atoms with Gasteiger partial charge < -0.3 is 20.0 Å². The SMILES string of the molecule is CC(=O)N1CCN(C(=O)CC2=CSC3=NC(C)=C(C(=O)Nc4ccccc4)[C@H](c4ccc(Cl)cc4)N23)CC1. The zero-order valence-corrected chi connectivity index (χ0v) is 22.8. The van der Waals surface area contributed by atoms with Crippen LogP contribution < -0.4 is 5.32 Å². The molecule has 2 aromatic rings. The van der Waals surface area contributed by atoms with Gasteiger partial charge in [0.1, 0.15) is 0 Å². The fourth-order valence-corrected chi connectivity index (χ4v) is 5.97. The second kappa shape index (κ2) is 11.0. The number of aliphatic imine (C=N–C) groups is 1. The van der Waals surface area contributed by atoms with Gasteiger partial charge in [0.2, 0.25) is 11.8 Å². The molecular weight excluding hydrogens is 522 g/mol. The van der Waals surface area contributed by atoms with Crippen molar-refractivity contribution in [3.63, 3.8) is 0 Å². The van der Waals surface area contributed by atoms with E-state index < -0.39 is 6.04 Å². The molecule has 0 aromatic heterocycles. The fourth-order valence-electron chi connectivity index (χ4n) is 4.88. The van der Waals surface area contributed by atoms with Gasteiger partial charge in [0.05, 0.1) is 23.7 Å². The predicted molar refractivity (Wildman–Crippen MR) is 150 cm³/mol. The molecule has 0 spiro atoms. The lowest BCUT2D eigenvalue weighted by Crippen LogP contribution is -2.50. The van der Waals surface area contributed by atoms with Gasteiger partial charge >= 0.3 is 0 Å². The van der Waals surface area contributed by atoms with Gasteiger partial charge in [0, 0.05) is 49.5 Å². The molecule has 38 heavy (non-hydrogen) atoms. The second-order valence-electron chi connectivity index (χ2n) is 9.33. The number of allylic oxidation sites excluding steroid dienone is 1. The highest BCUT2D eigenvalue weighted by Gasteiger charge is 2.41. The summed E-state index contributed by atoms with van der Waals surface area (Å²) < 4.78 is 0. The number of hydrogen-bond donors (Lipinski definition) is 1. The molecule has 0 aliphatic carbocycles. The van der Waals surface area contributed by atoms with Crippen molar-refractivity contribution in [1.29, 1.82) is 0 Å². The van der Waals surface area contributed by atoms with Crippen LogP contribution in [0.3, 0.4) is 0 Å². The van der Waals surface area contributed by atoms with Gasteiger partial charge in [-0.15, -0.1) is 0 Å². The van der Waals surface area contributed by atoms with Crippen LogP contribution in [-0.2, 0) is 14.4 Å². The Kier molecular flexibility index (Phi) is 7.58. The van der Waals surface area contributed by atoms with Crippen molar-refractivity contribution in [1.82, 2.24) is 14.7 Å². The molecule has 3 aliphatic rings. The van der Waals surface area contributed by atoms with Gasteiger partial charge in [-0.2, -0.15) is 0 Å². The molecule has 10 heteroatoms. The Labute approximate surface area is 231 Å². The number of nitrogens with zero attached hydrogens (tertiary/aromatic N) is 4. The van der Waals surface area contributed by atoms with Crippen LogP contribution in [-0.4, -0.2) is 63.8 Å². The van der Waals surface area contributed by atoms with E-state index in [9.17, 15) is 14.4 Å². The Morgan fingerprint density at radius 1 is 1.00 bits per heavy atom. The molecule has 3 aliphatic heterocycles.